The molecule has 0 unspecified atom stereocenters. The first-order valence-corrected chi connectivity index (χ1v) is 7.24. The average molecular weight is 294 g/mol. The Morgan fingerprint density at radius 1 is 1.10 bits per heavy atom. The van der Waals surface area contributed by atoms with Gasteiger partial charge in [-0.2, -0.15) is 0 Å². The zero-order valence-corrected chi connectivity index (χ0v) is 13.9. The van der Waals surface area contributed by atoms with E-state index in [2.05, 4.69) is 0 Å². The molecule has 21 heavy (non-hydrogen) atoms. The van der Waals surface area contributed by atoms with Gasteiger partial charge in [0.15, 0.2) is 11.5 Å². The van der Waals surface area contributed by atoms with Gasteiger partial charge < -0.3 is 14.2 Å². The minimum atomic E-state index is -0.306. The predicted octanol–water partition coefficient (Wildman–Crippen LogP) is 3.65. The molecule has 0 atom stereocenters. The van der Waals surface area contributed by atoms with Crippen molar-refractivity contribution in [2.45, 2.75) is 40.5 Å². The highest BCUT2D eigenvalue weighted by Gasteiger charge is 2.21. The van der Waals surface area contributed by atoms with Crippen LogP contribution in [-0.2, 0) is 11.2 Å². The third kappa shape index (κ3) is 4.66. The number of Topliss-reactive ketones (excluding diaryl/α,β-unsaturated/α-hetero) is 1. The fourth-order valence-electron chi connectivity index (χ4n) is 2.00. The lowest BCUT2D eigenvalue weighted by molar-refractivity contribution is -0.126. The molecule has 1 aromatic rings. The third-order valence-electron chi connectivity index (χ3n) is 3.29. The summed E-state index contributed by atoms with van der Waals surface area (Å²) in [6, 6.07) is 3.81. The largest absolute Gasteiger partial charge is 0.493 e. The lowest BCUT2D eigenvalue weighted by Gasteiger charge is -2.18. The topological polar surface area (TPSA) is 44.8 Å². The number of aryl methyl sites for hydroxylation is 1. The van der Waals surface area contributed by atoms with Crippen LogP contribution in [0.25, 0.3) is 0 Å². The maximum absolute atomic E-state index is 12.0. The van der Waals surface area contributed by atoms with Crippen LogP contribution in [0.3, 0.4) is 0 Å². The van der Waals surface area contributed by atoms with Gasteiger partial charge in [0.1, 0.15) is 5.78 Å². The molecule has 0 fully saturated rings. The Balaban J connectivity index is 2.96. The number of benzene rings is 1. The Labute approximate surface area is 127 Å². The maximum Gasteiger partial charge on any atom is 0.203 e. The predicted molar refractivity (Wildman–Crippen MR) is 83.5 cm³/mol. The summed E-state index contributed by atoms with van der Waals surface area (Å²) < 4.78 is 16.3. The number of ketones is 1. The van der Waals surface area contributed by atoms with Gasteiger partial charge >= 0.3 is 0 Å². The van der Waals surface area contributed by atoms with E-state index in [1.54, 1.807) is 14.2 Å². The highest BCUT2D eigenvalue weighted by molar-refractivity contribution is 5.83. The summed E-state index contributed by atoms with van der Waals surface area (Å²) in [6.45, 7) is 8.27. The molecule has 0 aliphatic carbocycles. The van der Waals surface area contributed by atoms with Gasteiger partial charge in [0.25, 0.3) is 0 Å². The number of hydrogen-bond donors (Lipinski definition) is 0. The summed E-state index contributed by atoms with van der Waals surface area (Å²) in [4.78, 5) is 12.0. The number of hydrogen-bond acceptors (Lipinski definition) is 4. The molecule has 0 bridgehead atoms. The standard InChI is InChI=1S/C17H26O4/c1-7-21-16-13(19-5)10-12(11-14(16)20-6)8-9-15(18)17(2,3)4/h10-11H,7-9H2,1-6H3. The van der Waals surface area contributed by atoms with E-state index in [0.717, 1.165) is 5.56 Å². The molecule has 0 aliphatic rings. The van der Waals surface area contributed by atoms with Crippen molar-refractivity contribution in [3.63, 3.8) is 0 Å². The van der Waals surface area contributed by atoms with Crippen molar-refractivity contribution in [2.75, 3.05) is 20.8 Å². The summed E-state index contributed by atoms with van der Waals surface area (Å²) in [7, 11) is 3.20. The SMILES string of the molecule is CCOc1c(OC)cc(CCC(=O)C(C)(C)C)cc1OC. The highest BCUT2D eigenvalue weighted by Crippen LogP contribution is 2.39. The van der Waals surface area contributed by atoms with Gasteiger partial charge in [-0.1, -0.05) is 20.8 Å². The first-order chi connectivity index (χ1) is 9.83. The van der Waals surface area contributed by atoms with Crippen LogP contribution in [0.1, 0.15) is 39.7 Å². The molecule has 0 saturated heterocycles. The van der Waals surface area contributed by atoms with Gasteiger partial charge in [0, 0.05) is 11.8 Å². The third-order valence-corrected chi connectivity index (χ3v) is 3.29. The van der Waals surface area contributed by atoms with E-state index in [-0.39, 0.29) is 11.2 Å². The second kappa shape index (κ2) is 7.34. The molecule has 1 rings (SSSR count). The zero-order valence-electron chi connectivity index (χ0n) is 13.9. The number of methoxy groups -OCH3 is 2. The summed E-state index contributed by atoms with van der Waals surface area (Å²) >= 11 is 0. The molecule has 4 nitrogen and oxygen atoms in total. The second-order valence-corrected chi connectivity index (χ2v) is 5.94. The molecule has 0 heterocycles. The van der Waals surface area contributed by atoms with E-state index in [1.165, 1.54) is 0 Å². The van der Waals surface area contributed by atoms with E-state index in [0.29, 0.717) is 36.7 Å². The first-order valence-electron chi connectivity index (χ1n) is 7.24. The van der Waals surface area contributed by atoms with E-state index >= 15 is 0 Å². The molecular weight excluding hydrogens is 268 g/mol. The van der Waals surface area contributed by atoms with Crippen LogP contribution in [0.4, 0.5) is 0 Å². The van der Waals surface area contributed by atoms with Gasteiger partial charge in [-0.3, -0.25) is 4.79 Å². The van der Waals surface area contributed by atoms with Crippen molar-refractivity contribution in [1.82, 2.24) is 0 Å². The van der Waals surface area contributed by atoms with Gasteiger partial charge in [0.2, 0.25) is 5.75 Å². The Kier molecular flexibility index (Phi) is 6.06. The van der Waals surface area contributed by atoms with E-state index < -0.39 is 0 Å². The van der Waals surface area contributed by atoms with Crippen LogP contribution in [0.15, 0.2) is 12.1 Å². The lowest BCUT2D eigenvalue weighted by Crippen LogP contribution is -2.20. The molecule has 1 aromatic carbocycles. The van der Waals surface area contributed by atoms with Crippen molar-refractivity contribution in [3.05, 3.63) is 17.7 Å². The van der Waals surface area contributed by atoms with Crippen LogP contribution in [0.5, 0.6) is 17.2 Å². The fourth-order valence-corrected chi connectivity index (χ4v) is 2.00. The van der Waals surface area contributed by atoms with Crippen molar-refractivity contribution in [2.24, 2.45) is 5.41 Å². The highest BCUT2D eigenvalue weighted by atomic mass is 16.5. The average Bonchev–Trinajstić information content (AvgIpc) is 2.44. The van der Waals surface area contributed by atoms with Crippen molar-refractivity contribution >= 4 is 5.78 Å². The molecule has 0 aliphatic heterocycles. The Hall–Kier alpha value is -1.71. The Morgan fingerprint density at radius 2 is 1.62 bits per heavy atom. The Bertz CT molecular complexity index is 461. The summed E-state index contributed by atoms with van der Waals surface area (Å²) in [5.74, 6) is 2.12. The van der Waals surface area contributed by atoms with Crippen LogP contribution in [-0.4, -0.2) is 26.6 Å². The summed E-state index contributed by atoms with van der Waals surface area (Å²) in [6.07, 6.45) is 1.17. The maximum atomic E-state index is 12.0. The molecule has 4 heteroatoms. The summed E-state index contributed by atoms with van der Waals surface area (Å²) in [5.41, 5.74) is 0.698. The molecule has 118 valence electrons. The van der Waals surface area contributed by atoms with E-state index in [4.69, 9.17) is 14.2 Å². The van der Waals surface area contributed by atoms with Crippen LogP contribution in [0, 0.1) is 5.41 Å². The van der Waals surface area contributed by atoms with Gasteiger partial charge in [-0.05, 0) is 31.0 Å². The van der Waals surface area contributed by atoms with Crippen molar-refractivity contribution in [3.8, 4) is 17.2 Å². The Morgan fingerprint density at radius 3 is 2.00 bits per heavy atom. The van der Waals surface area contributed by atoms with E-state index in [9.17, 15) is 4.79 Å². The van der Waals surface area contributed by atoms with Gasteiger partial charge in [-0.15, -0.1) is 0 Å². The normalized spacial score (nSPS) is 11.1. The molecule has 0 N–H and O–H groups in total. The second-order valence-electron chi connectivity index (χ2n) is 5.94. The number of ether oxygens (including phenoxy) is 3. The zero-order chi connectivity index (χ0) is 16.0. The molecule has 0 saturated carbocycles. The molecule has 0 amide bonds. The van der Waals surface area contributed by atoms with E-state index in [1.807, 2.05) is 39.8 Å². The summed E-state index contributed by atoms with van der Waals surface area (Å²) in [5, 5.41) is 0. The quantitative estimate of drug-likeness (QED) is 0.770. The molecule has 0 spiro atoms. The van der Waals surface area contributed by atoms with Gasteiger partial charge in [0.05, 0.1) is 20.8 Å². The minimum absolute atomic E-state index is 0.245. The van der Waals surface area contributed by atoms with Crippen LogP contribution < -0.4 is 14.2 Å². The minimum Gasteiger partial charge on any atom is -0.493 e. The smallest absolute Gasteiger partial charge is 0.203 e. The molecule has 0 radical (unpaired) electrons. The fraction of sp³-hybridized carbons (Fsp3) is 0.588. The monoisotopic (exact) mass is 294 g/mol. The number of carbonyl (C=O) groups excluding carboxylic acids is 1. The molecule has 0 aromatic heterocycles. The van der Waals surface area contributed by atoms with Crippen LogP contribution in [0.2, 0.25) is 0 Å². The van der Waals surface area contributed by atoms with Crippen LogP contribution >= 0.6 is 0 Å². The number of carbonyl (C=O) groups is 1. The molecular formula is C17H26O4. The van der Waals surface area contributed by atoms with Gasteiger partial charge in [-0.25, -0.2) is 0 Å². The first kappa shape index (κ1) is 17.3. The van der Waals surface area contributed by atoms with Crippen molar-refractivity contribution in [1.29, 1.82) is 0 Å². The lowest BCUT2D eigenvalue weighted by atomic mass is 9.87. The van der Waals surface area contributed by atoms with Crippen molar-refractivity contribution < 1.29 is 19.0 Å². The number of rotatable bonds is 7.